The Morgan fingerprint density at radius 2 is 2.33 bits per heavy atom. The van der Waals surface area contributed by atoms with Gasteiger partial charge >= 0.3 is 0 Å². The first kappa shape index (κ1) is 7.73. The highest BCUT2D eigenvalue weighted by Gasteiger charge is 2.24. The van der Waals surface area contributed by atoms with Crippen molar-refractivity contribution in [2.24, 2.45) is 0 Å². The summed E-state index contributed by atoms with van der Waals surface area (Å²) in [6.45, 7) is 2.74. The van der Waals surface area contributed by atoms with Gasteiger partial charge in [-0.25, -0.2) is 4.98 Å². The zero-order valence-electron chi connectivity index (χ0n) is 7.13. The molecule has 12 heavy (non-hydrogen) atoms. The monoisotopic (exact) mass is 182 g/mol. The fourth-order valence-corrected chi connectivity index (χ4v) is 2.32. The zero-order valence-corrected chi connectivity index (χ0v) is 7.94. The Hall–Kier alpha value is -0.900. The number of nitrogens with zero attached hydrogens (tertiary/aromatic N) is 2. The van der Waals surface area contributed by atoms with E-state index in [0.29, 0.717) is 0 Å². The third-order valence-corrected chi connectivity index (χ3v) is 3.03. The maximum Gasteiger partial charge on any atom is 0.265 e. The molecule has 0 bridgehead atoms. The SMILES string of the molecule is Cc1nc2c(s1)C(=O)N(C)CC2. The average molecular weight is 182 g/mol. The maximum absolute atomic E-state index is 11.5. The maximum atomic E-state index is 11.5. The molecule has 0 aliphatic carbocycles. The lowest BCUT2D eigenvalue weighted by atomic mass is 10.2. The summed E-state index contributed by atoms with van der Waals surface area (Å²) in [6, 6.07) is 0. The largest absolute Gasteiger partial charge is 0.341 e. The lowest BCUT2D eigenvalue weighted by molar-refractivity contribution is 0.0785. The molecular formula is C8H10N2OS. The quantitative estimate of drug-likeness (QED) is 0.601. The van der Waals surface area contributed by atoms with Gasteiger partial charge < -0.3 is 4.90 Å². The Morgan fingerprint density at radius 1 is 1.58 bits per heavy atom. The van der Waals surface area contributed by atoms with E-state index in [1.807, 2.05) is 14.0 Å². The Balaban J connectivity index is 2.48. The molecule has 1 amide bonds. The van der Waals surface area contributed by atoms with Gasteiger partial charge in [0.05, 0.1) is 10.7 Å². The second-order valence-electron chi connectivity index (χ2n) is 2.99. The van der Waals surface area contributed by atoms with E-state index < -0.39 is 0 Å². The summed E-state index contributed by atoms with van der Waals surface area (Å²) in [4.78, 5) is 18.4. The molecule has 2 rings (SSSR count). The molecule has 1 aromatic heterocycles. The van der Waals surface area contributed by atoms with Gasteiger partial charge in [0.1, 0.15) is 4.88 Å². The minimum absolute atomic E-state index is 0.127. The summed E-state index contributed by atoms with van der Waals surface area (Å²) >= 11 is 1.50. The standard InChI is InChI=1S/C8H10N2OS/c1-5-9-6-3-4-10(2)8(11)7(6)12-5/h3-4H2,1-2H3. The number of aryl methyl sites for hydroxylation is 1. The van der Waals surface area contributed by atoms with Crippen molar-refractivity contribution < 1.29 is 4.79 Å². The smallest absolute Gasteiger partial charge is 0.265 e. The number of likely N-dealkylation sites (N-methyl/N-ethyl adjacent to an activating group) is 1. The Kier molecular flexibility index (Phi) is 1.65. The van der Waals surface area contributed by atoms with E-state index in [1.165, 1.54) is 11.3 Å². The van der Waals surface area contributed by atoms with Gasteiger partial charge in [0.25, 0.3) is 5.91 Å². The van der Waals surface area contributed by atoms with Crippen LogP contribution in [0.25, 0.3) is 0 Å². The highest BCUT2D eigenvalue weighted by Crippen LogP contribution is 2.23. The summed E-state index contributed by atoms with van der Waals surface area (Å²) in [5.41, 5.74) is 0.987. The molecule has 0 aromatic carbocycles. The van der Waals surface area contributed by atoms with Gasteiger partial charge in [-0.2, -0.15) is 0 Å². The van der Waals surface area contributed by atoms with Crippen molar-refractivity contribution in [3.05, 3.63) is 15.6 Å². The van der Waals surface area contributed by atoms with Crippen LogP contribution in [0.5, 0.6) is 0 Å². The second-order valence-corrected chi connectivity index (χ2v) is 4.19. The first-order valence-electron chi connectivity index (χ1n) is 3.90. The normalized spacial score (nSPS) is 16.5. The van der Waals surface area contributed by atoms with Gasteiger partial charge in [-0.1, -0.05) is 0 Å². The van der Waals surface area contributed by atoms with E-state index >= 15 is 0 Å². The third-order valence-electron chi connectivity index (χ3n) is 2.03. The highest BCUT2D eigenvalue weighted by molar-refractivity contribution is 7.13. The van der Waals surface area contributed by atoms with Gasteiger partial charge in [-0.05, 0) is 6.92 Å². The van der Waals surface area contributed by atoms with E-state index in [2.05, 4.69) is 4.98 Å². The lowest BCUT2D eigenvalue weighted by Crippen LogP contribution is -2.33. The van der Waals surface area contributed by atoms with Crippen LogP contribution in [0, 0.1) is 6.92 Å². The minimum atomic E-state index is 0.127. The predicted molar refractivity (Wildman–Crippen MR) is 47.5 cm³/mol. The molecular weight excluding hydrogens is 172 g/mol. The number of aromatic nitrogens is 1. The molecule has 0 radical (unpaired) electrons. The molecule has 2 heterocycles. The van der Waals surface area contributed by atoms with E-state index in [1.54, 1.807) is 4.90 Å². The van der Waals surface area contributed by atoms with E-state index in [-0.39, 0.29) is 5.91 Å². The summed E-state index contributed by atoms with van der Waals surface area (Å²) in [7, 11) is 1.83. The summed E-state index contributed by atoms with van der Waals surface area (Å²) < 4.78 is 0. The van der Waals surface area contributed by atoms with Crippen molar-refractivity contribution in [2.75, 3.05) is 13.6 Å². The highest BCUT2D eigenvalue weighted by atomic mass is 32.1. The Morgan fingerprint density at radius 3 is 3.08 bits per heavy atom. The van der Waals surface area contributed by atoms with Crippen LogP contribution in [0.3, 0.4) is 0 Å². The zero-order chi connectivity index (χ0) is 8.72. The van der Waals surface area contributed by atoms with Crippen LogP contribution in [0.15, 0.2) is 0 Å². The van der Waals surface area contributed by atoms with Gasteiger partial charge in [0, 0.05) is 20.0 Å². The molecule has 0 atom stereocenters. The number of thiazole rings is 1. The third kappa shape index (κ3) is 1.03. The summed E-state index contributed by atoms with van der Waals surface area (Å²) in [6.07, 6.45) is 0.905. The predicted octanol–water partition coefficient (Wildman–Crippen LogP) is 1.08. The first-order chi connectivity index (χ1) is 5.68. The number of fused-ring (bicyclic) bond motifs is 1. The first-order valence-corrected chi connectivity index (χ1v) is 4.72. The van der Waals surface area contributed by atoms with Crippen LogP contribution in [0.1, 0.15) is 20.4 Å². The molecule has 0 spiro atoms. The molecule has 0 saturated carbocycles. The number of carbonyl (C=O) groups is 1. The number of rotatable bonds is 0. The van der Waals surface area contributed by atoms with E-state index in [4.69, 9.17) is 0 Å². The lowest BCUT2D eigenvalue weighted by Gasteiger charge is -2.20. The molecule has 1 aliphatic heterocycles. The van der Waals surface area contributed by atoms with Crippen LogP contribution in [-0.2, 0) is 6.42 Å². The Labute approximate surface area is 75.0 Å². The molecule has 64 valence electrons. The van der Waals surface area contributed by atoms with Crippen molar-refractivity contribution in [3.8, 4) is 0 Å². The fraction of sp³-hybridized carbons (Fsp3) is 0.500. The van der Waals surface area contributed by atoms with Crippen LogP contribution in [0.2, 0.25) is 0 Å². The van der Waals surface area contributed by atoms with Crippen LogP contribution < -0.4 is 0 Å². The molecule has 0 saturated heterocycles. The van der Waals surface area contributed by atoms with Crippen molar-refractivity contribution in [1.82, 2.24) is 9.88 Å². The van der Waals surface area contributed by atoms with E-state index in [0.717, 1.165) is 28.5 Å². The van der Waals surface area contributed by atoms with Gasteiger partial charge in [-0.3, -0.25) is 4.79 Å². The van der Waals surface area contributed by atoms with Gasteiger partial charge in [0.15, 0.2) is 0 Å². The van der Waals surface area contributed by atoms with Crippen LogP contribution in [-0.4, -0.2) is 29.4 Å². The fourth-order valence-electron chi connectivity index (χ4n) is 1.36. The molecule has 0 unspecified atom stereocenters. The van der Waals surface area contributed by atoms with Gasteiger partial charge in [-0.15, -0.1) is 11.3 Å². The number of carbonyl (C=O) groups excluding carboxylic acids is 1. The van der Waals surface area contributed by atoms with Gasteiger partial charge in [0.2, 0.25) is 0 Å². The van der Waals surface area contributed by atoms with Crippen LogP contribution >= 0.6 is 11.3 Å². The minimum Gasteiger partial charge on any atom is -0.341 e. The molecule has 1 aliphatic rings. The van der Waals surface area contributed by atoms with Crippen molar-refractivity contribution >= 4 is 17.2 Å². The van der Waals surface area contributed by atoms with Crippen molar-refractivity contribution in [1.29, 1.82) is 0 Å². The number of hydrogen-bond donors (Lipinski definition) is 0. The number of hydrogen-bond acceptors (Lipinski definition) is 3. The van der Waals surface area contributed by atoms with Crippen molar-refractivity contribution in [2.45, 2.75) is 13.3 Å². The molecule has 0 fully saturated rings. The van der Waals surface area contributed by atoms with E-state index in [9.17, 15) is 4.79 Å². The summed E-state index contributed by atoms with van der Waals surface area (Å²) in [5, 5.41) is 0.989. The Bertz CT molecular complexity index is 332. The molecule has 1 aromatic rings. The molecule has 0 N–H and O–H groups in total. The summed E-state index contributed by atoms with van der Waals surface area (Å²) in [5.74, 6) is 0.127. The second kappa shape index (κ2) is 2.55. The topological polar surface area (TPSA) is 33.2 Å². The van der Waals surface area contributed by atoms with Crippen LogP contribution in [0.4, 0.5) is 0 Å². The molecule has 4 heteroatoms. The molecule has 3 nitrogen and oxygen atoms in total. The number of amides is 1. The van der Waals surface area contributed by atoms with Crippen molar-refractivity contribution in [3.63, 3.8) is 0 Å². The average Bonchev–Trinajstić information content (AvgIpc) is 2.39.